The summed E-state index contributed by atoms with van der Waals surface area (Å²) >= 11 is 0. The zero-order chi connectivity index (χ0) is 18.6. The average molecular weight is 374 g/mol. The van der Waals surface area contributed by atoms with E-state index in [1.165, 1.54) is 12.1 Å². The van der Waals surface area contributed by atoms with Crippen LogP contribution in [0, 0.1) is 5.92 Å². The SMILES string of the molecule is COc1cccc(CNC(=O)c2cccc(S(=O)(=O)NCC3CC3)c2)c1. The highest BCUT2D eigenvalue weighted by Crippen LogP contribution is 2.28. The molecule has 1 fully saturated rings. The van der Waals surface area contributed by atoms with E-state index in [4.69, 9.17) is 4.74 Å². The van der Waals surface area contributed by atoms with Crippen LogP contribution in [0.1, 0.15) is 28.8 Å². The Morgan fingerprint density at radius 3 is 2.65 bits per heavy atom. The minimum atomic E-state index is -3.59. The molecule has 0 spiro atoms. The van der Waals surface area contributed by atoms with Crippen molar-refractivity contribution in [2.24, 2.45) is 5.92 Å². The van der Waals surface area contributed by atoms with Crippen molar-refractivity contribution in [3.63, 3.8) is 0 Å². The molecule has 7 heteroatoms. The van der Waals surface area contributed by atoms with Crippen molar-refractivity contribution in [1.29, 1.82) is 0 Å². The Balaban J connectivity index is 1.65. The van der Waals surface area contributed by atoms with Gasteiger partial charge in [-0.25, -0.2) is 13.1 Å². The van der Waals surface area contributed by atoms with Crippen molar-refractivity contribution >= 4 is 15.9 Å². The maximum absolute atomic E-state index is 12.4. The van der Waals surface area contributed by atoms with Crippen molar-refractivity contribution in [2.75, 3.05) is 13.7 Å². The summed E-state index contributed by atoms with van der Waals surface area (Å²) in [6.07, 6.45) is 2.13. The number of carbonyl (C=O) groups is 1. The molecule has 138 valence electrons. The second-order valence-electron chi connectivity index (χ2n) is 6.36. The van der Waals surface area contributed by atoms with Crippen LogP contribution in [0.3, 0.4) is 0 Å². The molecule has 0 heterocycles. The fraction of sp³-hybridized carbons (Fsp3) is 0.316. The summed E-state index contributed by atoms with van der Waals surface area (Å²) in [6, 6.07) is 13.5. The van der Waals surface area contributed by atoms with Crippen LogP contribution >= 0.6 is 0 Å². The molecule has 0 atom stereocenters. The van der Waals surface area contributed by atoms with Gasteiger partial charge in [0.15, 0.2) is 0 Å². The number of rotatable bonds is 8. The quantitative estimate of drug-likeness (QED) is 0.743. The van der Waals surface area contributed by atoms with Gasteiger partial charge in [0.05, 0.1) is 12.0 Å². The van der Waals surface area contributed by atoms with Gasteiger partial charge in [-0.05, 0) is 54.7 Å². The fourth-order valence-electron chi connectivity index (χ4n) is 2.50. The Kier molecular flexibility index (Phi) is 5.58. The molecule has 0 aromatic heterocycles. The third-order valence-corrected chi connectivity index (χ3v) is 5.67. The van der Waals surface area contributed by atoms with E-state index in [9.17, 15) is 13.2 Å². The standard InChI is InChI=1S/C19H22N2O4S/c1-25-17-6-2-4-15(10-17)12-20-19(22)16-5-3-7-18(11-16)26(23,24)21-13-14-8-9-14/h2-7,10-11,14,21H,8-9,12-13H2,1H3,(H,20,22). The van der Waals surface area contributed by atoms with Crippen LogP contribution in [-0.2, 0) is 16.6 Å². The van der Waals surface area contributed by atoms with Crippen LogP contribution in [0.15, 0.2) is 53.4 Å². The van der Waals surface area contributed by atoms with Crippen LogP contribution in [0.2, 0.25) is 0 Å². The fourth-order valence-corrected chi connectivity index (χ4v) is 3.67. The summed E-state index contributed by atoms with van der Waals surface area (Å²) in [5, 5.41) is 2.80. The summed E-state index contributed by atoms with van der Waals surface area (Å²) in [5.74, 6) is 0.831. The van der Waals surface area contributed by atoms with E-state index < -0.39 is 10.0 Å². The predicted molar refractivity (Wildman–Crippen MR) is 98.5 cm³/mol. The van der Waals surface area contributed by atoms with E-state index in [1.807, 2.05) is 24.3 Å². The van der Waals surface area contributed by atoms with Gasteiger partial charge < -0.3 is 10.1 Å². The first kappa shape index (κ1) is 18.4. The van der Waals surface area contributed by atoms with E-state index in [-0.39, 0.29) is 10.8 Å². The Labute approximate surface area is 153 Å². The third kappa shape index (κ3) is 4.83. The lowest BCUT2D eigenvalue weighted by atomic mass is 10.2. The Bertz CT molecular complexity index is 892. The molecule has 3 rings (SSSR count). The molecule has 0 saturated heterocycles. The second-order valence-corrected chi connectivity index (χ2v) is 8.12. The topological polar surface area (TPSA) is 84.5 Å². The minimum absolute atomic E-state index is 0.104. The molecule has 0 bridgehead atoms. The number of hydrogen-bond donors (Lipinski definition) is 2. The van der Waals surface area contributed by atoms with Crippen LogP contribution in [0.25, 0.3) is 0 Å². The van der Waals surface area contributed by atoms with Crippen LogP contribution in [0.4, 0.5) is 0 Å². The zero-order valence-corrected chi connectivity index (χ0v) is 15.4. The molecule has 2 N–H and O–H groups in total. The first-order valence-corrected chi connectivity index (χ1v) is 9.97. The first-order valence-electron chi connectivity index (χ1n) is 8.49. The Morgan fingerprint density at radius 1 is 1.15 bits per heavy atom. The van der Waals surface area contributed by atoms with Crippen LogP contribution < -0.4 is 14.8 Å². The van der Waals surface area contributed by atoms with E-state index in [0.717, 1.165) is 18.4 Å². The Morgan fingerprint density at radius 2 is 1.92 bits per heavy atom. The highest BCUT2D eigenvalue weighted by molar-refractivity contribution is 7.89. The summed E-state index contributed by atoms with van der Waals surface area (Å²) < 4.78 is 32.4. The monoisotopic (exact) mass is 374 g/mol. The van der Waals surface area contributed by atoms with Crippen LogP contribution in [-0.4, -0.2) is 28.0 Å². The molecule has 2 aromatic carbocycles. The van der Waals surface area contributed by atoms with Crippen molar-refractivity contribution < 1.29 is 17.9 Å². The lowest BCUT2D eigenvalue weighted by molar-refractivity contribution is 0.0950. The third-order valence-electron chi connectivity index (χ3n) is 4.25. The molecule has 2 aromatic rings. The number of nitrogens with one attached hydrogen (secondary N) is 2. The maximum Gasteiger partial charge on any atom is 0.251 e. The van der Waals surface area contributed by atoms with E-state index >= 15 is 0 Å². The highest BCUT2D eigenvalue weighted by atomic mass is 32.2. The molecule has 6 nitrogen and oxygen atoms in total. The smallest absolute Gasteiger partial charge is 0.251 e. The number of amides is 1. The average Bonchev–Trinajstić information content (AvgIpc) is 3.49. The molecule has 0 unspecified atom stereocenters. The molecule has 26 heavy (non-hydrogen) atoms. The molecular formula is C19H22N2O4S. The van der Waals surface area contributed by atoms with Gasteiger partial charge in [0.1, 0.15) is 5.75 Å². The van der Waals surface area contributed by atoms with E-state index in [0.29, 0.717) is 30.3 Å². The molecule has 0 aliphatic heterocycles. The summed E-state index contributed by atoms with van der Waals surface area (Å²) in [4.78, 5) is 12.5. The summed E-state index contributed by atoms with van der Waals surface area (Å²) in [6.45, 7) is 0.779. The molecular weight excluding hydrogens is 352 g/mol. The van der Waals surface area contributed by atoms with Crippen LogP contribution in [0.5, 0.6) is 5.75 Å². The Hall–Kier alpha value is -2.38. The highest BCUT2D eigenvalue weighted by Gasteiger charge is 2.24. The predicted octanol–water partition coefficient (Wildman–Crippen LogP) is 2.31. The lowest BCUT2D eigenvalue weighted by Crippen LogP contribution is -2.27. The lowest BCUT2D eigenvalue weighted by Gasteiger charge is -2.09. The van der Waals surface area contributed by atoms with Gasteiger partial charge >= 0.3 is 0 Å². The van der Waals surface area contributed by atoms with E-state index in [2.05, 4.69) is 10.0 Å². The van der Waals surface area contributed by atoms with Gasteiger partial charge in [-0.1, -0.05) is 18.2 Å². The normalized spacial score (nSPS) is 14.0. The van der Waals surface area contributed by atoms with Gasteiger partial charge in [-0.2, -0.15) is 0 Å². The summed E-state index contributed by atoms with van der Waals surface area (Å²) in [5.41, 5.74) is 1.20. The molecule has 1 aliphatic carbocycles. The van der Waals surface area contributed by atoms with E-state index in [1.54, 1.807) is 19.2 Å². The van der Waals surface area contributed by atoms with Gasteiger partial charge in [0, 0.05) is 18.7 Å². The second kappa shape index (κ2) is 7.88. The van der Waals surface area contributed by atoms with Crippen molar-refractivity contribution in [2.45, 2.75) is 24.3 Å². The van der Waals surface area contributed by atoms with Crippen molar-refractivity contribution in [3.05, 3.63) is 59.7 Å². The number of carbonyl (C=O) groups excluding carboxylic acids is 1. The molecule has 1 saturated carbocycles. The number of sulfonamides is 1. The van der Waals surface area contributed by atoms with Gasteiger partial charge in [-0.3, -0.25) is 4.79 Å². The zero-order valence-electron chi connectivity index (χ0n) is 14.6. The largest absolute Gasteiger partial charge is 0.497 e. The number of methoxy groups -OCH3 is 1. The number of hydrogen-bond acceptors (Lipinski definition) is 4. The molecule has 1 aliphatic rings. The molecule has 1 amide bonds. The first-order chi connectivity index (χ1) is 12.5. The minimum Gasteiger partial charge on any atom is -0.497 e. The number of benzene rings is 2. The summed E-state index contributed by atoms with van der Waals surface area (Å²) in [7, 11) is -2.01. The maximum atomic E-state index is 12.4. The van der Waals surface area contributed by atoms with Crippen molar-refractivity contribution in [3.8, 4) is 5.75 Å². The number of ether oxygens (including phenoxy) is 1. The van der Waals surface area contributed by atoms with Gasteiger partial charge in [0.2, 0.25) is 10.0 Å². The van der Waals surface area contributed by atoms with Gasteiger partial charge in [0.25, 0.3) is 5.91 Å². The molecule has 0 radical (unpaired) electrons. The van der Waals surface area contributed by atoms with Crippen molar-refractivity contribution in [1.82, 2.24) is 10.0 Å². The van der Waals surface area contributed by atoms with Gasteiger partial charge in [-0.15, -0.1) is 0 Å².